The average Bonchev–Trinajstić information content (AvgIpc) is 3.32. The molecule has 0 saturated carbocycles. The molecule has 3 aromatic rings. The van der Waals surface area contributed by atoms with E-state index < -0.39 is 5.91 Å². The summed E-state index contributed by atoms with van der Waals surface area (Å²) in [5.74, 6) is 0.775. The first-order chi connectivity index (χ1) is 16.4. The molecule has 0 bridgehead atoms. The highest BCUT2D eigenvalue weighted by Crippen LogP contribution is 2.33. The molecule has 0 spiro atoms. The first-order valence-electron chi connectivity index (χ1n) is 11.0. The maximum Gasteiger partial charge on any atom is 0.273 e. The van der Waals surface area contributed by atoms with Crippen molar-refractivity contribution in [2.45, 2.75) is 32.6 Å². The lowest BCUT2D eigenvalue weighted by Gasteiger charge is -2.37. The number of amides is 1. The van der Waals surface area contributed by atoms with E-state index in [-0.39, 0.29) is 30.3 Å². The van der Waals surface area contributed by atoms with Crippen LogP contribution in [0.1, 0.15) is 29.9 Å². The molecule has 2 aromatic carbocycles. The highest BCUT2D eigenvalue weighted by molar-refractivity contribution is 5.93. The summed E-state index contributed by atoms with van der Waals surface area (Å²) >= 11 is 0. The fourth-order valence-corrected chi connectivity index (χ4v) is 4.08. The third-order valence-corrected chi connectivity index (χ3v) is 5.64. The van der Waals surface area contributed by atoms with Crippen LogP contribution in [0.4, 0.5) is 10.1 Å². The van der Waals surface area contributed by atoms with Crippen LogP contribution in [0.25, 0.3) is 11.3 Å². The van der Waals surface area contributed by atoms with Gasteiger partial charge in [0.2, 0.25) is 0 Å². The number of rotatable bonds is 7. The summed E-state index contributed by atoms with van der Waals surface area (Å²) < 4.78 is 36.5. The minimum atomic E-state index is -0.433. The molecule has 1 N–H and O–H groups in total. The topological polar surface area (TPSA) is 86.1 Å². The molecule has 2 unspecified atom stereocenters. The largest absolute Gasteiger partial charge is 0.497 e. The Balaban J connectivity index is 1.42. The standard InChI is InChI=1S/C25H28FN3O5/c1-15-13-29(14-16(2)33-15)22-7-5-17(9-20(22)26)12-27-25(30)21-11-24(34-28-21)19-10-18(31-3)6-8-23(19)32-4/h5-11,15-16H,12-14H2,1-4H3,(H,27,30). The predicted molar refractivity (Wildman–Crippen MR) is 125 cm³/mol. The molecule has 2 atom stereocenters. The van der Waals surface area contributed by atoms with Gasteiger partial charge in [-0.05, 0) is 49.7 Å². The third kappa shape index (κ3) is 5.14. The number of nitrogens with one attached hydrogen (secondary N) is 1. The number of anilines is 1. The second-order valence-corrected chi connectivity index (χ2v) is 8.27. The zero-order valence-electron chi connectivity index (χ0n) is 19.6. The maximum absolute atomic E-state index is 14.8. The van der Waals surface area contributed by atoms with Gasteiger partial charge in [0.05, 0.1) is 37.7 Å². The van der Waals surface area contributed by atoms with E-state index in [1.54, 1.807) is 44.6 Å². The third-order valence-electron chi connectivity index (χ3n) is 5.64. The molecule has 0 radical (unpaired) electrons. The van der Waals surface area contributed by atoms with Gasteiger partial charge in [-0.3, -0.25) is 4.79 Å². The minimum absolute atomic E-state index is 0.0337. The van der Waals surface area contributed by atoms with Crippen molar-refractivity contribution in [1.82, 2.24) is 10.5 Å². The molecule has 8 nitrogen and oxygen atoms in total. The van der Waals surface area contributed by atoms with Crippen LogP contribution in [0.15, 0.2) is 47.0 Å². The Morgan fingerprint density at radius 1 is 1.12 bits per heavy atom. The minimum Gasteiger partial charge on any atom is -0.497 e. The van der Waals surface area contributed by atoms with Gasteiger partial charge in [-0.2, -0.15) is 0 Å². The van der Waals surface area contributed by atoms with Crippen LogP contribution in [0.5, 0.6) is 11.5 Å². The van der Waals surface area contributed by atoms with Crippen LogP contribution in [0.2, 0.25) is 0 Å². The van der Waals surface area contributed by atoms with E-state index in [9.17, 15) is 9.18 Å². The monoisotopic (exact) mass is 469 g/mol. The van der Waals surface area contributed by atoms with Crippen molar-refractivity contribution in [2.24, 2.45) is 0 Å². The lowest BCUT2D eigenvalue weighted by atomic mass is 10.1. The first-order valence-corrected chi connectivity index (χ1v) is 11.0. The Hall–Kier alpha value is -3.59. The summed E-state index contributed by atoms with van der Waals surface area (Å²) in [5, 5.41) is 6.62. The summed E-state index contributed by atoms with van der Waals surface area (Å²) in [7, 11) is 3.10. The van der Waals surface area contributed by atoms with E-state index in [0.29, 0.717) is 47.2 Å². The van der Waals surface area contributed by atoms with Crippen molar-refractivity contribution in [3.63, 3.8) is 0 Å². The molecule has 1 fully saturated rings. The van der Waals surface area contributed by atoms with Crippen LogP contribution in [-0.4, -0.2) is 50.6 Å². The number of benzene rings is 2. The SMILES string of the molecule is COc1ccc(OC)c(-c2cc(C(=O)NCc3ccc(N4CC(C)OC(C)C4)c(F)c3)no2)c1. The number of hydrogen-bond acceptors (Lipinski definition) is 7. The van der Waals surface area contributed by atoms with Gasteiger partial charge in [0.1, 0.15) is 17.3 Å². The maximum atomic E-state index is 14.8. The van der Waals surface area contributed by atoms with Crippen molar-refractivity contribution in [3.8, 4) is 22.8 Å². The van der Waals surface area contributed by atoms with E-state index in [2.05, 4.69) is 10.5 Å². The second-order valence-electron chi connectivity index (χ2n) is 8.27. The number of ether oxygens (including phenoxy) is 3. The summed E-state index contributed by atoms with van der Waals surface area (Å²) in [5.41, 5.74) is 1.89. The van der Waals surface area contributed by atoms with Crippen molar-refractivity contribution < 1.29 is 27.9 Å². The first kappa shape index (κ1) is 23.6. The molecule has 1 aliphatic rings. The van der Waals surface area contributed by atoms with E-state index in [0.717, 1.165) is 0 Å². The van der Waals surface area contributed by atoms with Crippen molar-refractivity contribution in [1.29, 1.82) is 0 Å². The lowest BCUT2D eigenvalue weighted by Crippen LogP contribution is -2.45. The molecule has 180 valence electrons. The zero-order chi connectivity index (χ0) is 24.2. The van der Waals surface area contributed by atoms with E-state index in [4.69, 9.17) is 18.7 Å². The van der Waals surface area contributed by atoms with E-state index in [1.165, 1.54) is 12.1 Å². The van der Waals surface area contributed by atoms with Gasteiger partial charge in [0.15, 0.2) is 11.5 Å². The number of aromatic nitrogens is 1. The van der Waals surface area contributed by atoms with Crippen molar-refractivity contribution in [3.05, 3.63) is 59.5 Å². The fraction of sp³-hybridized carbons (Fsp3) is 0.360. The van der Waals surface area contributed by atoms with Gasteiger partial charge in [0.25, 0.3) is 5.91 Å². The number of methoxy groups -OCH3 is 2. The zero-order valence-corrected chi connectivity index (χ0v) is 19.6. The molecule has 1 amide bonds. The normalized spacial score (nSPS) is 18.0. The van der Waals surface area contributed by atoms with Crippen molar-refractivity contribution in [2.75, 3.05) is 32.2 Å². The molecule has 4 rings (SSSR count). The smallest absolute Gasteiger partial charge is 0.273 e. The second kappa shape index (κ2) is 10.1. The molecule has 9 heteroatoms. The molecule has 0 aliphatic carbocycles. The van der Waals surface area contributed by atoms with Crippen molar-refractivity contribution >= 4 is 11.6 Å². The highest BCUT2D eigenvalue weighted by atomic mass is 19.1. The average molecular weight is 470 g/mol. The molecular weight excluding hydrogens is 441 g/mol. The lowest BCUT2D eigenvalue weighted by molar-refractivity contribution is -0.00539. The molecule has 1 saturated heterocycles. The van der Waals surface area contributed by atoms with Gasteiger partial charge in [-0.25, -0.2) is 4.39 Å². The Bertz CT molecular complexity index is 1160. The van der Waals surface area contributed by atoms with Gasteiger partial charge >= 0.3 is 0 Å². The Kier molecular flexibility index (Phi) is 7.02. The summed E-state index contributed by atoms with van der Waals surface area (Å²) in [6.45, 7) is 5.36. The van der Waals surface area contributed by atoms with Gasteiger partial charge in [-0.1, -0.05) is 11.2 Å². The molecule has 34 heavy (non-hydrogen) atoms. The molecular formula is C25H28FN3O5. The van der Waals surface area contributed by atoms with Crippen LogP contribution in [-0.2, 0) is 11.3 Å². The van der Waals surface area contributed by atoms with Gasteiger partial charge < -0.3 is 29.0 Å². The molecule has 2 heterocycles. The van der Waals surface area contributed by atoms with Crippen LogP contribution in [0, 0.1) is 5.82 Å². The number of hydrogen-bond donors (Lipinski definition) is 1. The number of nitrogens with zero attached hydrogens (tertiary/aromatic N) is 2. The Labute approximate surface area is 197 Å². The summed E-state index contributed by atoms with van der Waals surface area (Å²) in [6.07, 6.45) is 0.0674. The van der Waals surface area contributed by atoms with Gasteiger partial charge in [-0.15, -0.1) is 0 Å². The summed E-state index contributed by atoms with van der Waals surface area (Å²) in [4.78, 5) is 14.6. The molecule has 1 aromatic heterocycles. The quantitative estimate of drug-likeness (QED) is 0.559. The van der Waals surface area contributed by atoms with E-state index >= 15 is 0 Å². The van der Waals surface area contributed by atoms with Crippen LogP contribution < -0.4 is 19.7 Å². The van der Waals surface area contributed by atoms with E-state index in [1.807, 2.05) is 18.7 Å². The number of carbonyl (C=O) groups excluding carboxylic acids is 1. The fourth-order valence-electron chi connectivity index (χ4n) is 4.08. The number of morpholine rings is 1. The Morgan fingerprint density at radius 2 is 1.88 bits per heavy atom. The summed E-state index contributed by atoms with van der Waals surface area (Å²) in [6, 6.07) is 11.8. The Morgan fingerprint density at radius 3 is 2.56 bits per heavy atom. The number of carbonyl (C=O) groups is 1. The molecule has 1 aliphatic heterocycles. The van der Waals surface area contributed by atoms with Crippen LogP contribution >= 0.6 is 0 Å². The highest BCUT2D eigenvalue weighted by Gasteiger charge is 2.24. The van der Waals surface area contributed by atoms with Gasteiger partial charge in [0, 0.05) is 25.7 Å². The number of halogens is 1. The van der Waals surface area contributed by atoms with Crippen LogP contribution in [0.3, 0.4) is 0 Å². The predicted octanol–water partition coefficient (Wildman–Crippen LogP) is 4.04.